The van der Waals surface area contributed by atoms with E-state index in [1.165, 1.54) is 7.11 Å². The number of esters is 1. The zero-order chi connectivity index (χ0) is 19.2. The van der Waals surface area contributed by atoms with Crippen molar-refractivity contribution in [2.24, 2.45) is 7.05 Å². The van der Waals surface area contributed by atoms with Crippen LogP contribution in [0.4, 0.5) is 19.0 Å². The molecule has 1 unspecified atom stereocenters. The van der Waals surface area contributed by atoms with Gasteiger partial charge in [0.15, 0.2) is 17.5 Å². The summed E-state index contributed by atoms with van der Waals surface area (Å²) in [6.07, 6.45) is 0.514. The Morgan fingerprint density at radius 1 is 1.31 bits per heavy atom. The Labute approximate surface area is 148 Å². The van der Waals surface area contributed by atoms with Gasteiger partial charge in [-0.1, -0.05) is 13.0 Å². The first-order valence-corrected chi connectivity index (χ1v) is 8.07. The van der Waals surface area contributed by atoms with E-state index in [9.17, 15) is 18.0 Å². The Morgan fingerprint density at radius 3 is 2.62 bits per heavy atom. The molecule has 2 aromatic rings. The van der Waals surface area contributed by atoms with E-state index in [1.54, 1.807) is 18.7 Å². The maximum Gasteiger partial charge on any atom is 0.336 e. The first-order chi connectivity index (χ1) is 12.3. The molecule has 26 heavy (non-hydrogen) atoms. The number of hydrogen-bond donors (Lipinski definition) is 1. The van der Waals surface area contributed by atoms with Crippen molar-refractivity contribution >= 4 is 11.8 Å². The summed E-state index contributed by atoms with van der Waals surface area (Å²) in [6.45, 7) is 3.50. The number of aryl methyl sites for hydroxylation is 2. The lowest BCUT2D eigenvalue weighted by Crippen LogP contribution is -2.25. The fourth-order valence-electron chi connectivity index (χ4n) is 3.37. The van der Waals surface area contributed by atoms with Gasteiger partial charge >= 0.3 is 5.97 Å². The van der Waals surface area contributed by atoms with E-state index in [0.717, 1.165) is 12.1 Å². The highest BCUT2D eigenvalue weighted by Gasteiger charge is 2.39. The molecule has 1 aliphatic heterocycles. The number of methoxy groups -OCH3 is 1. The second-order valence-corrected chi connectivity index (χ2v) is 6.04. The normalized spacial score (nSPS) is 16.3. The third-order valence-corrected chi connectivity index (χ3v) is 4.56. The number of allylic oxidation sites excluding steroid dienone is 1. The zero-order valence-electron chi connectivity index (χ0n) is 14.8. The first-order valence-electron chi connectivity index (χ1n) is 8.07. The minimum Gasteiger partial charge on any atom is -0.466 e. The molecule has 1 aromatic carbocycles. The Hall–Kier alpha value is -2.77. The van der Waals surface area contributed by atoms with Crippen LogP contribution in [0.5, 0.6) is 0 Å². The number of ether oxygens (including phenoxy) is 1. The van der Waals surface area contributed by atoms with Gasteiger partial charge < -0.3 is 10.1 Å². The van der Waals surface area contributed by atoms with Crippen LogP contribution in [0.25, 0.3) is 0 Å². The number of carbonyl (C=O) groups is 1. The topological polar surface area (TPSA) is 56.2 Å². The fraction of sp³-hybridized carbons (Fsp3) is 0.333. The predicted molar refractivity (Wildman–Crippen MR) is 89.1 cm³/mol. The molecule has 1 atom stereocenters. The number of benzene rings is 1. The monoisotopic (exact) mass is 365 g/mol. The van der Waals surface area contributed by atoms with Crippen LogP contribution in [0.3, 0.4) is 0 Å². The average Bonchev–Trinajstić information content (AvgIpc) is 2.94. The number of carbonyl (C=O) groups excluding carboxylic acids is 1. The maximum atomic E-state index is 14.6. The molecule has 0 saturated carbocycles. The number of fused-ring (bicyclic) bond motifs is 1. The molecule has 0 fully saturated rings. The van der Waals surface area contributed by atoms with Crippen LogP contribution in [0.2, 0.25) is 0 Å². The summed E-state index contributed by atoms with van der Waals surface area (Å²) < 4.78 is 48.4. The lowest BCUT2D eigenvalue weighted by atomic mass is 9.80. The molecule has 5 nitrogen and oxygen atoms in total. The molecule has 1 aliphatic rings. The quantitative estimate of drug-likeness (QED) is 0.669. The van der Waals surface area contributed by atoms with Crippen molar-refractivity contribution in [3.8, 4) is 0 Å². The van der Waals surface area contributed by atoms with Crippen LogP contribution in [0, 0.1) is 17.5 Å². The van der Waals surface area contributed by atoms with Crippen molar-refractivity contribution in [3.63, 3.8) is 0 Å². The van der Waals surface area contributed by atoms with E-state index in [4.69, 9.17) is 4.74 Å². The Kier molecular flexibility index (Phi) is 4.52. The first kappa shape index (κ1) is 18.0. The molecular weight excluding hydrogens is 347 g/mol. The number of halogens is 3. The molecule has 0 aliphatic carbocycles. The van der Waals surface area contributed by atoms with Crippen LogP contribution < -0.4 is 5.32 Å². The summed E-state index contributed by atoms with van der Waals surface area (Å²) >= 11 is 0. The molecule has 0 radical (unpaired) electrons. The van der Waals surface area contributed by atoms with Crippen molar-refractivity contribution in [3.05, 3.63) is 57.7 Å². The largest absolute Gasteiger partial charge is 0.466 e. The molecule has 1 N–H and O–H groups in total. The molecule has 0 saturated heterocycles. The Balaban J connectivity index is 2.35. The molecule has 2 heterocycles. The molecule has 8 heteroatoms. The molecule has 0 bridgehead atoms. The molecular formula is C18H18F3N3O2. The van der Waals surface area contributed by atoms with Gasteiger partial charge in [0.05, 0.1) is 24.3 Å². The van der Waals surface area contributed by atoms with Gasteiger partial charge in [-0.25, -0.2) is 18.0 Å². The summed E-state index contributed by atoms with van der Waals surface area (Å²) in [7, 11) is 2.92. The standard InChI is InChI=1S/C18H18F3N3O2/c1-5-11-14-13(9-6-7-10(19)16(21)15(9)20)12(18(25)26-4)8(2)22-17(14)24(3)23-11/h6-7,13,22H,5H2,1-4H3. The zero-order valence-corrected chi connectivity index (χ0v) is 14.8. The molecule has 0 amide bonds. The number of hydrogen-bond acceptors (Lipinski definition) is 4. The van der Waals surface area contributed by atoms with Gasteiger partial charge in [-0.15, -0.1) is 0 Å². The minimum absolute atomic E-state index is 0.132. The second kappa shape index (κ2) is 6.51. The Bertz CT molecular complexity index is 934. The van der Waals surface area contributed by atoms with Crippen LogP contribution in [0.1, 0.15) is 36.6 Å². The predicted octanol–water partition coefficient (Wildman–Crippen LogP) is 3.40. The van der Waals surface area contributed by atoms with E-state index >= 15 is 0 Å². The highest BCUT2D eigenvalue weighted by molar-refractivity contribution is 5.94. The lowest BCUT2D eigenvalue weighted by Gasteiger charge is -2.28. The number of nitrogens with one attached hydrogen (secondary N) is 1. The summed E-state index contributed by atoms with van der Waals surface area (Å²) in [5.41, 5.74) is 1.59. The summed E-state index contributed by atoms with van der Waals surface area (Å²) in [5.74, 6) is -5.27. The van der Waals surface area contributed by atoms with Crippen molar-refractivity contribution < 1.29 is 22.7 Å². The van der Waals surface area contributed by atoms with E-state index in [1.807, 2.05) is 6.92 Å². The van der Waals surface area contributed by atoms with Crippen molar-refractivity contribution in [1.82, 2.24) is 9.78 Å². The molecule has 1 aromatic heterocycles. The van der Waals surface area contributed by atoms with Gasteiger partial charge in [-0.2, -0.15) is 5.10 Å². The van der Waals surface area contributed by atoms with Gasteiger partial charge in [0.25, 0.3) is 0 Å². The van der Waals surface area contributed by atoms with Crippen molar-refractivity contribution in [2.45, 2.75) is 26.2 Å². The number of aromatic nitrogens is 2. The van der Waals surface area contributed by atoms with Crippen LogP contribution in [-0.4, -0.2) is 22.9 Å². The minimum atomic E-state index is -1.58. The number of nitrogens with zero attached hydrogens (tertiary/aromatic N) is 2. The summed E-state index contributed by atoms with van der Waals surface area (Å²) in [4.78, 5) is 12.4. The molecule has 138 valence electrons. The van der Waals surface area contributed by atoms with Gasteiger partial charge in [0.2, 0.25) is 0 Å². The molecule has 3 rings (SSSR count). The van der Waals surface area contributed by atoms with Gasteiger partial charge in [-0.3, -0.25) is 4.68 Å². The third-order valence-electron chi connectivity index (χ3n) is 4.56. The van der Waals surface area contributed by atoms with Crippen molar-refractivity contribution in [1.29, 1.82) is 0 Å². The third kappa shape index (κ3) is 2.56. The van der Waals surface area contributed by atoms with Gasteiger partial charge in [0, 0.05) is 23.9 Å². The van der Waals surface area contributed by atoms with Crippen LogP contribution in [-0.2, 0) is 23.0 Å². The van der Waals surface area contributed by atoms with E-state index in [-0.39, 0.29) is 11.1 Å². The smallest absolute Gasteiger partial charge is 0.336 e. The maximum absolute atomic E-state index is 14.6. The lowest BCUT2D eigenvalue weighted by molar-refractivity contribution is -0.136. The summed E-state index contributed by atoms with van der Waals surface area (Å²) in [5, 5.41) is 7.48. The van der Waals surface area contributed by atoms with Crippen LogP contribution >= 0.6 is 0 Å². The fourth-order valence-corrected chi connectivity index (χ4v) is 3.37. The van der Waals surface area contributed by atoms with E-state index < -0.39 is 29.3 Å². The second-order valence-electron chi connectivity index (χ2n) is 6.04. The SMILES string of the molecule is CCc1nn(C)c2c1C(c1ccc(F)c(F)c1F)C(C(=O)OC)=C(C)N2. The number of anilines is 1. The highest BCUT2D eigenvalue weighted by atomic mass is 19.2. The average molecular weight is 365 g/mol. The number of rotatable bonds is 3. The van der Waals surface area contributed by atoms with E-state index in [0.29, 0.717) is 29.2 Å². The van der Waals surface area contributed by atoms with E-state index in [2.05, 4.69) is 10.4 Å². The molecule has 0 spiro atoms. The van der Waals surface area contributed by atoms with Crippen LogP contribution in [0.15, 0.2) is 23.4 Å². The Morgan fingerprint density at radius 2 is 2.00 bits per heavy atom. The highest BCUT2D eigenvalue weighted by Crippen LogP contribution is 2.45. The van der Waals surface area contributed by atoms with Gasteiger partial charge in [0.1, 0.15) is 5.82 Å². The van der Waals surface area contributed by atoms with Crippen molar-refractivity contribution in [2.75, 3.05) is 12.4 Å². The van der Waals surface area contributed by atoms with Gasteiger partial charge in [-0.05, 0) is 19.4 Å². The summed E-state index contributed by atoms with van der Waals surface area (Å²) in [6, 6.07) is 2.00.